The van der Waals surface area contributed by atoms with Crippen LogP contribution in [-0.4, -0.2) is 60.7 Å². The van der Waals surface area contributed by atoms with Crippen molar-refractivity contribution >= 4 is 23.5 Å². The van der Waals surface area contributed by atoms with Crippen LogP contribution in [-0.2, 0) is 46.2 Å². The molecule has 2 aromatic rings. The Labute approximate surface area is 278 Å². The topological polar surface area (TPSA) is 125 Å². The number of carbonyl (C=O) groups is 4. The molecule has 7 atom stereocenters. The second-order valence-corrected chi connectivity index (χ2v) is 13.2. The molecule has 0 fully saturated rings. The Morgan fingerprint density at radius 2 is 1.71 bits per heavy atom. The zero-order chi connectivity index (χ0) is 36.0. The molecule has 0 bridgehead atoms. The van der Waals surface area contributed by atoms with Gasteiger partial charge in [0, 0.05) is 29.4 Å². The van der Waals surface area contributed by atoms with Gasteiger partial charge in [0.25, 0.3) is 5.60 Å². The molecule has 0 aliphatic heterocycles. The first-order chi connectivity index (χ1) is 22.3. The van der Waals surface area contributed by atoms with Crippen molar-refractivity contribution in [1.29, 1.82) is 0 Å². The molecule has 2 aliphatic rings. The van der Waals surface area contributed by atoms with Crippen LogP contribution in [0.4, 0.5) is 13.2 Å². The van der Waals surface area contributed by atoms with Crippen molar-refractivity contribution in [3.63, 3.8) is 0 Å². The number of methoxy groups -OCH3 is 2. The third kappa shape index (κ3) is 5.80. The van der Waals surface area contributed by atoms with Gasteiger partial charge in [-0.05, 0) is 63.5 Å². The first-order valence-electron chi connectivity index (χ1n) is 16.0. The van der Waals surface area contributed by atoms with Crippen LogP contribution >= 0.6 is 0 Å². The molecular weight excluding hydrogens is 633 g/mol. The Bertz CT molecular complexity index is 1590. The van der Waals surface area contributed by atoms with Crippen molar-refractivity contribution in [2.24, 2.45) is 11.8 Å². The molecule has 9 nitrogen and oxygen atoms in total. The van der Waals surface area contributed by atoms with Crippen LogP contribution in [0.5, 0.6) is 5.75 Å². The lowest BCUT2D eigenvalue weighted by Gasteiger charge is -2.42. The number of hydrogen-bond acceptors (Lipinski definition) is 9. The second-order valence-electron chi connectivity index (χ2n) is 13.2. The molecule has 0 saturated heterocycles. The summed E-state index contributed by atoms with van der Waals surface area (Å²) < 4.78 is 65.5. The molecule has 0 amide bonds. The number of esters is 2. The van der Waals surface area contributed by atoms with Gasteiger partial charge in [0.2, 0.25) is 17.2 Å². The third-order valence-corrected chi connectivity index (χ3v) is 10.1. The number of hydrogen-bond donors (Lipinski definition) is 1. The van der Waals surface area contributed by atoms with Crippen LogP contribution in [0.3, 0.4) is 0 Å². The molecule has 262 valence electrons. The van der Waals surface area contributed by atoms with Gasteiger partial charge >= 0.3 is 18.1 Å². The number of alkyl halides is 3. The van der Waals surface area contributed by atoms with Crippen molar-refractivity contribution < 1.29 is 56.4 Å². The van der Waals surface area contributed by atoms with Gasteiger partial charge in [0.05, 0.1) is 13.0 Å². The summed E-state index contributed by atoms with van der Waals surface area (Å²) in [6, 6.07) is 7.73. The smallest absolute Gasteiger partial charge is 0.432 e. The lowest BCUT2D eigenvalue weighted by molar-refractivity contribution is -0.279. The molecule has 4 rings (SSSR count). The number of aliphatic hydroxyl groups is 1. The highest BCUT2D eigenvalue weighted by Gasteiger charge is 2.65. The van der Waals surface area contributed by atoms with Gasteiger partial charge in [0.1, 0.15) is 11.9 Å². The van der Waals surface area contributed by atoms with Crippen LogP contribution in [0.25, 0.3) is 0 Å². The summed E-state index contributed by atoms with van der Waals surface area (Å²) in [6.07, 6.45) is -4.44. The largest absolute Gasteiger partial charge is 0.496 e. The van der Waals surface area contributed by atoms with E-state index in [0.29, 0.717) is 17.7 Å². The van der Waals surface area contributed by atoms with Crippen LogP contribution in [0.1, 0.15) is 99.3 Å². The Hall–Kier alpha value is -3.77. The summed E-state index contributed by atoms with van der Waals surface area (Å²) in [7, 11) is 2.20. The van der Waals surface area contributed by atoms with E-state index in [4.69, 9.17) is 18.9 Å². The molecule has 48 heavy (non-hydrogen) atoms. The van der Waals surface area contributed by atoms with Crippen LogP contribution in [0, 0.1) is 11.8 Å². The third-order valence-electron chi connectivity index (χ3n) is 10.1. The van der Waals surface area contributed by atoms with Crippen molar-refractivity contribution in [2.75, 3.05) is 14.2 Å². The molecule has 0 spiro atoms. The molecule has 1 N–H and O–H groups in total. The Morgan fingerprint density at radius 3 is 2.25 bits per heavy atom. The molecule has 0 saturated carbocycles. The lowest BCUT2D eigenvalue weighted by Crippen LogP contribution is -2.60. The van der Waals surface area contributed by atoms with E-state index in [-0.39, 0.29) is 23.5 Å². The van der Waals surface area contributed by atoms with E-state index >= 15 is 0 Å². The maximum Gasteiger partial charge on any atom is 0.432 e. The quantitative estimate of drug-likeness (QED) is 0.235. The number of carbonyl (C=O) groups excluding carboxylic acids is 4. The van der Waals surface area contributed by atoms with Gasteiger partial charge in [0.15, 0.2) is 5.60 Å². The highest BCUT2D eigenvalue weighted by atomic mass is 19.4. The minimum Gasteiger partial charge on any atom is -0.496 e. The minimum atomic E-state index is -5.25. The van der Waals surface area contributed by atoms with Gasteiger partial charge < -0.3 is 24.1 Å². The van der Waals surface area contributed by atoms with Gasteiger partial charge in [-0.3, -0.25) is 14.4 Å². The zero-order valence-corrected chi connectivity index (χ0v) is 28.4. The summed E-state index contributed by atoms with van der Waals surface area (Å²) in [4.78, 5) is 55.5. The average molecular weight is 677 g/mol. The second kappa shape index (κ2) is 13.3. The number of halogens is 3. The number of fused-ring (bicyclic) bond motifs is 3. The fourth-order valence-electron chi connectivity index (χ4n) is 7.05. The van der Waals surface area contributed by atoms with E-state index in [1.54, 1.807) is 13.8 Å². The number of ketones is 2. The van der Waals surface area contributed by atoms with Gasteiger partial charge in [-0.1, -0.05) is 57.5 Å². The van der Waals surface area contributed by atoms with E-state index < -0.39 is 70.0 Å². The van der Waals surface area contributed by atoms with Crippen molar-refractivity contribution in [3.8, 4) is 5.75 Å². The molecular formula is C36H43F3O9. The fraction of sp³-hybridized carbons (Fsp3) is 0.556. The summed E-state index contributed by atoms with van der Waals surface area (Å²) in [6.45, 7) is 8.84. The van der Waals surface area contributed by atoms with Gasteiger partial charge in [-0.15, -0.1) is 0 Å². The van der Waals surface area contributed by atoms with Crippen molar-refractivity contribution in [2.45, 2.75) is 102 Å². The van der Waals surface area contributed by atoms with Crippen LogP contribution in [0.2, 0.25) is 0 Å². The van der Waals surface area contributed by atoms with Crippen LogP contribution in [0.15, 0.2) is 36.4 Å². The summed E-state index contributed by atoms with van der Waals surface area (Å²) >= 11 is 0. The maximum absolute atomic E-state index is 14.6. The monoisotopic (exact) mass is 676 g/mol. The maximum atomic E-state index is 14.6. The number of ether oxygens (including phenoxy) is 4. The SMILES string of the molecule is CC[C@H](C)[C@@H](OC(=O)[C@](OC)(c1ccccc1)C(F)(F)F)[C@@H](C)C(=O)O[C@@]1(C)C(=O)c2c(cc(OC)c3c2CCC[C@H]3C)C(C)(O)C1=O. The average Bonchev–Trinajstić information content (AvgIpc) is 3.04. The van der Waals surface area contributed by atoms with Crippen molar-refractivity contribution in [1.82, 2.24) is 0 Å². The molecule has 1 unspecified atom stereocenters. The normalized spacial score (nSPS) is 25.5. The molecule has 2 aliphatic carbocycles. The highest BCUT2D eigenvalue weighted by molar-refractivity contribution is 6.25. The Morgan fingerprint density at radius 1 is 1.08 bits per heavy atom. The fourth-order valence-corrected chi connectivity index (χ4v) is 7.05. The standard InChI is InChI=1S/C36H43F3O9/c1-9-19(2)28(47-32(43)35(46-8,36(37,38)39)22-15-11-10-12-16-22)21(4)30(41)48-34(6)29(40)27-23-17-13-14-20(3)26(23)25(45-7)18-24(27)33(5,44)31(34)42/h10-12,15-16,18-21,28,44H,9,13-14,17H2,1-8H3/t19-,20+,21+,28+,33?,34-,35+/m0/s1. The van der Waals surface area contributed by atoms with E-state index in [9.17, 15) is 37.5 Å². The van der Waals surface area contributed by atoms with Crippen molar-refractivity contribution in [3.05, 3.63) is 64.2 Å². The summed E-state index contributed by atoms with van der Waals surface area (Å²) in [5, 5.41) is 11.6. The first kappa shape index (κ1) is 37.1. The predicted octanol–water partition coefficient (Wildman–Crippen LogP) is 6.11. The Balaban J connectivity index is 1.73. The highest BCUT2D eigenvalue weighted by Crippen LogP contribution is 2.49. The molecule has 0 radical (unpaired) electrons. The number of rotatable bonds is 10. The zero-order valence-electron chi connectivity index (χ0n) is 28.4. The lowest BCUT2D eigenvalue weighted by atomic mass is 9.66. The molecule has 0 heterocycles. The molecule has 2 aromatic carbocycles. The Kier molecular flexibility index (Phi) is 10.2. The van der Waals surface area contributed by atoms with E-state index in [1.165, 1.54) is 45.2 Å². The molecule has 0 aromatic heterocycles. The van der Waals surface area contributed by atoms with Gasteiger partial charge in [-0.25, -0.2) is 4.79 Å². The summed E-state index contributed by atoms with van der Waals surface area (Å²) in [5.41, 5.74) is -7.31. The first-order valence-corrected chi connectivity index (χ1v) is 16.0. The molecule has 12 heteroatoms. The van der Waals surface area contributed by atoms with E-state index in [1.807, 2.05) is 6.92 Å². The van der Waals surface area contributed by atoms with E-state index in [2.05, 4.69) is 0 Å². The predicted molar refractivity (Wildman–Crippen MR) is 167 cm³/mol. The van der Waals surface area contributed by atoms with Gasteiger partial charge in [-0.2, -0.15) is 13.2 Å². The summed E-state index contributed by atoms with van der Waals surface area (Å²) in [5.74, 6) is -6.59. The minimum absolute atomic E-state index is 0.0102. The number of Topliss-reactive ketones (excluding diaryl/α,β-unsaturated/α-hetero) is 2. The van der Waals surface area contributed by atoms with E-state index in [0.717, 1.165) is 44.6 Å². The van der Waals surface area contributed by atoms with Crippen LogP contribution < -0.4 is 4.74 Å². The number of benzene rings is 2.